The molecular formula is C19H20N2O. The van der Waals surface area contributed by atoms with Gasteiger partial charge < -0.3 is 10.1 Å². The van der Waals surface area contributed by atoms with E-state index >= 15 is 0 Å². The molecule has 1 aromatic heterocycles. The molecule has 112 valence electrons. The molecule has 4 rings (SSSR count). The van der Waals surface area contributed by atoms with Crippen molar-refractivity contribution in [3.8, 4) is 11.5 Å². The summed E-state index contributed by atoms with van der Waals surface area (Å²) in [4.78, 5) is 4.35. The van der Waals surface area contributed by atoms with Gasteiger partial charge in [0.1, 0.15) is 11.5 Å². The molecule has 3 heteroatoms. The maximum Gasteiger partial charge on any atom is 0.146 e. The monoisotopic (exact) mass is 292 g/mol. The van der Waals surface area contributed by atoms with Gasteiger partial charge in [-0.2, -0.15) is 0 Å². The van der Waals surface area contributed by atoms with Crippen LogP contribution in [0.2, 0.25) is 0 Å². The van der Waals surface area contributed by atoms with E-state index < -0.39 is 0 Å². The fraction of sp³-hybridized carbons (Fsp3) is 0.316. The van der Waals surface area contributed by atoms with Gasteiger partial charge in [0.2, 0.25) is 0 Å². The van der Waals surface area contributed by atoms with Gasteiger partial charge in [-0.1, -0.05) is 24.3 Å². The summed E-state index contributed by atoms with van der Waals surface area (Å²) in [6, 6.07) is 11.9. The van der Waals surface area contributed by atoms with Crippen LogP contribution >= 0.6 is 0 Å². The van der Waals surface area contributed by atoms with E-state index in [1.165, 1.54) is 24.0 Å². The van der Waals surface area contributed by atoms with E-state index in [0.29, 0.717) is 5.54 Å². The third-order valence-corrected chi connectivity index (χ3v) is 4.66. The first-order valence-electron chi connectivity index (χ1n) is 7.95. The summed E-state index contributed by atoms with van der Waals surface area (Å²) in [5, 5.41) is 3.68. The Bertz CT molecular complexity index is 688. The summed E-state index contributed by atoms with van der Waals surface area (Å²) >= 11 is 0. The number of para-hydroxylation sites is 1. The Morgan fingerprint density at radius 1 is 1.09 bits per heavy atom. The predicted octanol–water partition coefficient (Wildman–Crippen LogP) is 4.17. The highest BCUT2D eigenvalue weighted by atomic mass is 16.5. The fourth-order valence-electron chi connectivity index (χ4n) is 3.52. The topological polar surface area (TPSA) is 34.1 Å². The molecule has 1 atom stereocenters. The number of ether oxygens (including phenoxy) is 1. The molecule has 1 N–H and O–H groups in total. The zero-order valence-corrected chi connectivity index (χ0v) is 12.6. The third kappa shape index (κ3) is 2.64. The van der Waals surface area contributed by atoms with Crippen molar-refractivity contribution < 1.29 is 4.74 Å². The third-order valence-electron chi connectivity index (χ3n) is 4.66. The zero-order valence-electron chi connectivity index (χ0n) is 12.6. The minimum absolute atomic E-state index is 0.311. The Balaban J connectivity index is 1.53. The van der Waals surface area contributed by atoms with Gasteiger partial charge in [-0.15, -0.1) is 0 Å². The second-order valence-electron chi connectivity index (χ2n) is 6.25. The summed E-state index contributed by atoms with van der Waals surface area (Å²) < 4.78 is 5.89. The molecular weight excluding hydrogens is 272 g/mol. The van der Waals surface area contributed by atoms with Gasteiger partial charge in [0.25, 0.3) is 0 Å². The van der Waals surface area contributed by atoms with Gasteiger partial charge >= 0.3 is 0 Å². The maximum atomic E-state index is 5.89. The van der Waals surface area contributed by atoms with E-state index in [9.17, 15) is 0 Å². The average Bonchev–Trinajstić information content (AvgIpc) is 3.19. The highest BCUT2D eigenvalue weighted by Crippen LogP contribution is 2.40. The minimum atomic E-state index is 0.311. The van der Waals surface area contributed by atoms with Crippen molar-refractivity contribution in [3.05, 3.63) is 60.4 Å². The zero-order chi connectivity index (χ0) is 14.8. The fourth-order valence-corrected chi connectivity index (χ4v) is 3.52. The predicted molar refractivity (Wildman–Crippen MR) is 87.9 cm³/mol. The lowest BCUT2D eigenvalue weighted by Gasteiger charge is -2.23. The summed E-state index contributed by atoms with van der Waals surface area (Å²) in [7, 11) is 0. The number of benzene rings is 1. The number of hydrogen-bond acceptors (Lipinski definition) is 3. The number of hydrogen-bond donors (Lipinski definition) is 1. The van der Waals surface area contributed by atoms with Gasteiger partial charge in [0.05, 0.1) is 6.20 Å². The first kappa shape index (κ1) is 13.5. The molecule has 1 saturated heterocycles. The highest BCUT2D eigenvalue weighted by molar-refractivity contribution is 5.69. The normalized spacial score (nSPS) is 23.7. The molecule has 0 bridgehead atoms. The van der Waals surface area contributed by atoms with Gasteiger partial charge in [-0.3, -0.25) is 4.98 Å². The van der Waals surface area contributed by atoms with E-state index in [2.05, 4.69) is 22.4 Å². The van der Waals surface area contributed by atoms with Crippen LogP contribution in [0.5, 0.6) is 11.5 Å². The van der Waals surface area contributed by atoms with E-state index in [4.69, 9.17) is 4.74 Å². The first-order chi connectivity index (χ1) is 10.8. The number of pyridine rings is 1. The van der Waals surface area contributed by atoms with Gasteiger partial charge in [-0.05, 0) is 61.6 Å². The lowest BCUT2D eigenvalue weighted by atomic mass is 9.92. The molecule has 1 unspecified atom stereocenters. The van der Waals surface area contributed by atoms with Crippen molar-refractivity contribution in [2.75, 3.05) is 6.54 Å². The standard InChI is InChI=1S/C19H20N2O/c1-2-5-17(6-3-1)22-18-11-16(13-20-14-18)15-7-9-19(12-15)8-4-10-21-19/h1-3,5-7,11,13-14,21H,4,8-10,12H2. The Morgan fingerprint density at radius 2 is 2.00 bits per heavy atom. The van der Waals surface area contributed by atoms with Crippen molar-refractivity contribution in [2.45, 2.75) is 31.2 Å². The quantitative estimate of drug-likeness (QED) is 0.921. The smallest absolute Gasteiger partial charge is 0.146 e. The largest absolute Gasteiger partial charge is 0.456 e. The van der Waals surface area contributed by atoms with Crippen molar-refractivity contribution in [3.63, 3.8) is 0 Å². The summed E-state index contributed by atoms with van der Waals surface area (Å²) in [5.41, 5.74) is 2.88. The molecule has 3 nitrogen and oxygen atoms in total. The Labute approximate surface area is 131 Å². The number of nitrogens with zero attached hydrogens (tertiary/aromatic N) is 1. The maximum absolute atomic E-state index is 5.89. The molecule has 22 heavy (non-hydrogen) atoms. The average molecular weight is 292 g/mol. The van der Waals surface area contributed by atoms with Gasteiger partial charge in [0, 0.05) is 11.7 Å². The first-order valence-corrected chi connectivity index (χ1v) is 7.95. The Kier molecular flexibility index (Phi) is 3.43. The van der Waals surface area contributed by atoms with Crippen molar-refractivity contribution in [2.24, 2.45) is 0 Å². The number of aromatic nitrogens is 1. The van der Waals surface area contributed by atoms with Crippen LogP contribution < -0.4 is 10.1 Å². The molecule has 2 heterocycles. The summed E-state index contributed by atoms with van der Waals surface area (Å²) in [6.45, 7) is 1.15. The lowest BCUT2D eigenvalue weighted by Crippen LogP contribution is -2.36. The molecule has 1 aliphatic carbocycles. The molecule has 1 aromatic carbocycles. The molecule has 0 saturated carbocycles. The minimum Gasteiger partial charge on any atom is -0.456 e. The van der Waals surface area contributed by atoms with Crippen LogP contribution in [0.25, 0.3) is 5.57 Å². The summed E-state index contributed by atoms with van der Waals surface area (Å²) in [6.07, 6.45) is 10.9. The van der Waals surface area contributed by atoms with Crippen LogP contribution in [0, 0.1) is 0 Å². The van der Waals surface area contributed by atoms with E-state index in [1.807, 2.05) is 36.5 Å². The molecule has 0 radical (unpaired) electrons. The Hall–Kier alpha value is -2.13. The lowest BCUT2D eigenvalue weighted by molar-refractivity contribution is 0.405. The Morgan fingerprint density at radius 3 is 2.82 bits per heavy atom. The van der Waals surface area contributed by atoms with E-state index in [0.717, 1.165) is 30.9 Å². The molecule has 2 aliphatic rings. The second-order valence-corrected chi connectivity index (χ2v) is 6.25. The van der Waals surface area contributed by atoms with Crippen LogP contribution in [0.15, 0.2) is 54.9 Å². The van der Waals surface area contributed by atoms with Gasteiger partial charge in [0.15, 0.2) is 0 Å². The highest BCUT2D eigenvalue weighted by Gasteiger charge is 2.37. The molecule has 2 aromatic rings. The van der Waals surface area contributed by atoms with Crippen LogP contribution in [0.1, 0.15) is 31.2 Å². The summed E-state index contributed by atoms with van der Waals surface area (Å²) in [5.74, 6) is 1.64. The van der Waals surface area contributed by atoms with Crippen molar-refractivity contribution in [1.82, 2.24) is 10.3 Å². The van der Waals surface area contributed by atoms with E-state index in [1.54, 1.807) is 6.20 Å². The van der Waals surface area contributed by atoms with Crippen LogP contribution in [-0.2, 0) is 0 Å². The van der Waals surface area contributed by atoms with E-state index in [-0.39, 0.29) is 0 Å². The van der Waals surface area contributed by atoms with Crippen LogP contribution in [0.3, 0.4) is 0 Å². The van der Waals surface area contributed by atoms with Crippen molar-refractivity contribution in [1.29, 1.82) is 0 Å². The molecule has 0 amide bonds. The van der Waals surface area contributed by atoms with Crippen molar-refractivity contribution >= 4 is 5.57 Å². The van der Waals surface area contributed by atoms with Crippen LogP contribution in [-0.4, -0.2) is 17.1 Å². The number of rotatable bonds is 3. The second kappa shape index (κ2) is 5.58. The van der Waals surface area contributed by atoms with Crippen LogP contribution in [0.4, 0.5) is 0 Å². The molecule has 1 fully saturated rings. The van der Waals surface area contributed by atoms with Gasteiger partial charge in [-0.25, -0.2) is 0 Å². The number of nitrogens with one attached hydrogen (secondary N) is 1. The molecule has 1 aliphatic heterocycles. The molecule has 1 spiro atoms. The SMILES string of the molecule is C1=C(c2cncc(Oc3ccccc3)c2)CC2(C1)CCCN2.